The Labute approximate surface area is 176 Å². The van der Waals surface area contributed by atoms with Crippen LogP contribution in [0.1, 0.15) is 40.0 Å². The minimum Gasteiger partial charge on any atom is -0.444 e. The number of hydrogen-bond acceptors (Lipinski definition) is 6. The van der Waals surface area contributed by atoms with Crippen LogP contribution >= 0.6 is 0 Å². The lowest BCUT2D eigenvalue weighted by Gasteiger charge is -2.36. The van der Waals surface area contributed by atoms with Crippen molar-refractivity contribution in [3.63, 3.8) is 0 Å². The quantitative estimate of drug-likeness (QED) is 0.703. The maximum absolute atomic E-state index is 12.6. The SMILES string of the molecule is CC(C)(C)OC(=O)N1CCCC[C@H]1CNc1ccc2ncc(-c3ccncc3)n2n1. The molecule has 1 atom stereocenters. The van der Waals surface area contributed by atoms with Gasteiger partial charge in [0.1, 0.15) is 11.4 Å². The van der Waals surface area contributed by atoms with Crippen molar-refractivity contribution in [3.05, 3.63) is 42.9 Å². The molecular weight excluding hydrogens is 380 g/mol. The second-order valence-corrected chi connectivity index (χ2v) is 8.57. The van der Waals surface area contributed by atoms with Gasteiger partial charge in [-0.15, -0.1) is 5.10 Å². The summed E-state index contributed by atoms with van der Waals surface area (Å²) in [5, 5.41) is 8.11. The fraction of sp³-hybridized carbons (Fsp3) is 0.455. The summed E-state index contributed by atoms with van der Waals surface area (Å²) in [5.41, 5.74) is 2.19. The molecule has 1 N–H and O–H groups in total. The summed E-state index contributed by atoms with van der Waals surface area (Å²) in [6.45, 7) is 7.03. The zero-order chi connectivity index (χ0) is 21.1. The molecule has 1 amide bonds. The Kier molecular flexibility index (Phi) is 5.57. The third-order valence-corrected chi connectivity index (χ3v) is 5.11. The fourth-order valence-electron chi connectivity index (χ4n) is 3.68. The number of nitrogens with one attached hydrogen (secondary N) is 1. The summed E-state index contributed by atoms with van der Waals surface area (Å²) in [4.78, 5) is 23.0. The van der Waals surface area contributed by atoms with E-state index in [0.29, 0.717) is 6.54 Å². The highest BCUT2D eigenvalue weighted by Gasteiger charge is 2.30. The van der Waals surface area contributed by atoms with Crippen molar-refractivity contribution >= 4 is 17.6 Å². The molecule has 0 radical (unpaired) electrons. The van der Waals surface area contributed by atoms with Crippen LogP contribution in [0.4, 0.5) is 10.6 Å². The maximum Gasteiger partial charge on any atom is 0.410 e. The van der Waals surface area contributed by atoms with Gasteiger partial charge in [-0.1, -0.05) is 0 Å². The third-order valence-electron chi connectivity index (χ3n) is 5.11. The van der Waals surface area contributed by atoms with Gasteiger partial charge in [-0.05, 0) is 64.3 Å². The number of nitrogens with zero attached hydrogens (tertiary/aromatic N) is 5. The molecule has 0 aromatic carbocycles. The predicted octanol–water partition coefficient (Wildman–Crippen LogP) is 3.99. The van der Waals surface area contributed by atoms with E-state index in [4.69, 9.17) is 9.84 Å². The molecule has 3 aromatic heterocycles. The Morgan fingerprint density at radius 3 is 2.77 bits per heavy atom. The first-order valence-corrected chi connectivity index (χ1v) is 10.4. The zero-order valence-electron chi connectivity index (χ0n) is 17.7. The average molecular weight is 409 g/mol. The summed E-state index contributed by atoms with van der Waals surface area (Å²) < 4.78 is 7.42. The highest BCUT2D eigenvalue weighted by molar-refractivity contribution is 5.69. The first kappa shape index (κ1) is 20.1. The van der Waals surface area contributed by atoms with Crippen LogP contribution in [0.25, 0.3) is 16.9 Å². The molecule has 8 heteroatoms. The van der Waals surface area contributed by atoms with Gasteiger partial charge in [0.2, 0.25) is 0 Å². The van der Waals surface area contributed by atoms with Crippen molar-refractivity contribution in [2.45, 2.75) is 51.7 Å². The second-order valence-electron chi connectivity index (χ2n) is 8.57. The molecule has 0 saturated carbocycles. The number of imidazole rings is 1. The number of pyridine rings is 1. The minimum absolute atomic E-state index is 0.0774. The molecule has 1 aliphatic heterocycles. The second kappa shape index (κ2) is 8.30. The van der Waals surface area contributed by atoms with Crippen LogP contribution in [0.3, 0.4) is 0 Å². The molecule has 30 heavy (non-hydrogen) atoms. The number of ether oxygens (including phenoxy) is 1. The van der Waals surface area contributed by atoms with E-state index in [9.17, 15) is 4.79 Å². The predicted molar refractivity (Wildman–Crippen MR) is 115 cm³/mol. The van der Waals surface area contributed by atoms with Crippen LogP contribution in [0, 0.1) is 0 Å². The Morgan fingerprint density at radius 2 is 2.00 bits per heavy atom. The molecule has 1 fully saturated rings. The number of anilines is 1. The van der Waals surface area contributed by atoms with Gasteiger partial charge in [0.05, 0.1) is 17.9 Å². The van der Waals surface area contributed by atoms with E-state index < -0.39 is 5.60 Å². The number of likely N-dealkylation sites (tertiary alicyclic amines) is 1. The van der Waals surface area contributed by atoms with Crippen LogP contribution in [0.2, 0.25) is 0 Å². The largest absolute Gasteiger partial charge is 0.444 e. The number of carbonyl (C=O) groups is 1. The number of aromatic nitrogens is 4. The van der Waals surface area contributed by atoms with E-state index in [0.717, 1.165) is 48.5 Å². The lowest BCUT2D eigenvalue weighted by molar-refractivity contribution is 0.0114. The van der Waals surface area contributed by atoms with Gasteiger partial charge in [0.25, 0.3) is 0 Å². The summed E-state index contributed by atoms with van der Waals surface area (Å²) >= 11 is 0. The van der Waals surface area contributed by atoms with Crippen LogP contribution in [0.5, 0.6) is 0 Å². The van der Waals surface area contributed by atoms with E-state index in [-0.39, 0.29) is 12.1 Å². The van der Waals surface area contributed by atoms with E-state index in [1.54, 1.807) is 12.4 Å². The molecule has 4 rings (SSSR count). The summed E-state index contributed by atoms with van der Waals surface area (Å²) in [5.74, 6) is 0.741. The van der Waals surface area contributed by atoms with Gasteiger partial charge in [-0.3, -0.25) is 4.98 Å². The maximum atomic E-state index is 12.6. The summed E-state index contributed by atoms with van der Waals surface area (Å²) in [7, 11) is 0. The Balaban J connectivity index is 1.49. The summed E-state index contributed by atoms with van der Waals surface area (Å²) in [6, 6.07) is 7.80. The van der Waals surface area contributed by atoms with Gasteiger partial charge in [-0.2, -0.15) is 0 Å². The molecule has 1 saturated heterocycles. The first-order valence-electron chi connectivity index (χ1n) is 10.4. The smallest absolute Gasteiger partial charge is 0.410 e. The van der Waals surface area contributed by atoms with Crippen LogP contribution in [-0.4, -0.2) is 55.3 Å². The summed E-state index contributed by atoms with van der Waals surface area (Å²) in [6.07, 6.45) is 8.13. The number of amides is 1. The van der Waals surface area contributed by atoms with Crippen molar-refractivity contribution in [1.29, 1.82) is 0 Å². The van der Waals surface area contributed by atoms with Crippen LogP contribution in [0.15, 0.2) is 42.9 Å². The van der Waals surface area contributed by atoms with E-state index in [1.165, 1.54) is 0 Å². The topological polar surface area (TPSA) is 84.6 Å². The molecule has 0 bridgehead atoms. The lowest BCUT2D eigenvalue weighted by atomic mass is 10.0. The van der Waals surface area contributed by atoms with Gasteiger partial charge >= 0.3 is 6.09 Å². The lowest BCUT2D eigenvalue weighted by Crippen LogP contribution is -2.49. The normalized spacial score (nSPS) is 17.2. The molecule has 158 valence electrons. The Morgan fingerprint density at radius 1 is 1.20 bits per heavy atom. The Bertz CT molecular complexity index is 1010. The van der Waals surface area contributed by atoms with Crippen molar-refractivity contribution in [3.8, 4) is 11.3 Å². The highest BCUT2D eigenvalue weighted by Crippen LogP contribution is 2.22. The van der Waals surface area contributed by atoms with Crippen LogP contribution in [-0.2, 0) is 4.74 Å². The fourth-order valence-corrected chi connectivity index (χ4v) is 3.68. The number of piperidine rings is 1. The number of hydrogen-bond donors (Lipinski definition) is 1. The van der Waals surface area contributed by atoms with Gasteiger partial charge in [-0.25, -0.2) is 14.3 Å². The zero-order valence-corrected chi connectivity index (χ0v) is 17.7. The van der Waals surface area contributed by atoms with Crippen molar-refractivity contribution in [1.82, 2.24) is 24.5 Å². The van der Waals surface area contributed by atoms with E-state index in [1.807, 2.05) is 60.6 Å². The van der Waals surface area contributed by atoms with Gasteiger partial charge in [0.15, 0.2) is 5.65 Å². The van der Waals surface area contributed by atoms with Crippen molar-refractivity contribution in [2.24, 2.45) is 0 Å². The molecule has 4 heterocycles. The third kappa shape index (κ3) is 4.53. The molecule has 8 nitrogen and oxygen atoms in total. The van der Waals surface area contributed by atoms with Gasteiger partial charge in [0, 0.05) is 31.0 Å². The average Bonchev–Trinajstić information content (AvgIpc) is 3.15. The molecule has 0 aliphatic carbocycles. The highest BCUT2D eigenvalue weighted by atomic mass is 16.6. The molecule has 0 unspecified atom stereocenters. The van der Waals surface area contributed by atoms with Gasteiger partial charge < -0.3 is 15.0 Å². The van der Waals surface area contributed by atoms with E-state index in [2.05, 4.69) is 15.3 Å². The van der Waals surface area contributed by atoms with E-state index >= 15 is 0 Å². The monoisotopic (exact) mass is 408 g/mol. The number of rotatable bonds is 4. The first-order chi connectivity index (χ1) is 14.4. The van der Waals surface area contributed by atoms with Crippen molar-refractivity contribution < 1.29 is 9.53 Å². The minimum atomic E-state index is -0.496. The Hall–Kier alpha value is -3.16. The number of carbonyl (C=O) groups excluding carboxylic acids is 1. The van der Waals surface area contributed by atoms with Crippen LogP contribution < -0.4 is 5.32 Å². The molecular formula is C22H28N6O2. The van der Waals surface area contributed by atoms with Crippen molar-refractivity contribution in [2.75, 3.05) is 18.4 Å². The number of fused-ring (bicyclic) bond motifs is 1. The molecule has 0 spiro atoms. The standard InChI is InChI=1S/C22H28N6O2/c1-22(2,3)30-21(29)27-13-5-4-6-17(27)14-24-19-7-8-20-25-15-18(28(20)26-19)16-9-11-23-12-10-16/h7-12,15,17H,4-6,13-14H2,1-3H3,(H,24,26)/t17-/m0/s1. The molecule has 3 aromatic rings. The molecule has 1 aliphatic rings.